The second kappa shape index (κ2) is 18.7. The number of aliphatic imine (C=N–C) groups is 1. The maximum atomic E-state index is 13.0. The number of ether oxygens (including phenoxy) is 2. The fraction of sp³-hybridized carbons (Fsp3) is 0.657. The number of benzene rings is 1. The van der Waals surface area contributed by atoms with Crippen molar-refractivity contribution in [3.05, 3.63) is 35.5 Å². The molecule has 238 valence electrons. The highest BCUT2D eigenvalue weighted by molar-refractivity contribution is 6.15. The molecule has 0 bridgehead atoms. The predicted octanol–water partition coefficient (Wildman–Crippen LogP) is 6.47. The molecule has 0 saturated heterocycles. The summed E-state index contributed by atoms with van der Waals surface area (Å²) in [4.78, 5) is 46.6. The van der Waals surface area contributed by atoms with E-state index in [1.165, 1.54) is 30.6 Å². The van der Waals surface area contributed by atoms with Crippen molar-refractivity contribution >= 4 is 35.1 Å². The minimum atomic E-state index is -0.230. The van der Waals surface area contributed by atoms with Gasteiger partial charge in [-0.05, 0) is 75.1 Å². The van der Waals surface area contributed by atoms with Crippen LogP contribution in [0.2, 0.25) is 0 Å². The number of rotatable bonds is 20. The van der Waals surface area contributed by atoms with Gasteiger partial charge < -0.3 is 14.4 Å². The molecule has 8 nitrogen and oxygen atoms in total. The van der Waals surface area contributed by atoms with E-state index in [1.54, 1.807) is 13.0 Å². The third kappa shape index (κ3) is 12.0. The first-order chi connectivity index (χ1) is 20.8. The van der Waals surface area contributed by atoms with E-state index in [4.69, 9.17) is 9.47 Å². The van der Waals surface area contributed by atoms with Crippen LogP contribution in [0.15, 0.2) is 35.0 Å². The van der Waals surface area contributed by atoms with Crippen LogP contribution in [0.3, 0.4) is 0 Å². The highest BCUT2D eigenvalue weighted by Gasteiger charge is 2.31. The second-order valence-corrected chi connectivity index (χ2v) is 12.2. The number of Topliss-reactive ketones (excluding diaryl/α,β-unsaturated/α-hetero) is 2. The predicted molar refractivity (Wildman–Crippen MR) is 173 cm³/mol. The average molecular weight is 596 g/mol. The van der Waals surface area contributed by atoms with Gasteiger partial charge in [0, 0.05) is 51.8 Å². The quantitative estimate of drug-likeness (QED) is 0.127. The Morgan fingerprint density at radius 3 is 2.23 bits per heavy atom. The maximum Gasteiger partial charge on any atom is 0.278 e. The minimum Gasteiger partial charge on any atom is -0.379 e. The summed E-state index contributed by atoms with van der Waals surface area (Å²) in [5.74, 6) is 1.06. The Morgan fingerprint density at radius 1 is 0.930 bits per heavy atom. The van der Waals surface area contributed by atoms with Gasteiger partial charge in [-0.3, -0.25) is 19.3 Å². The number of ketones is 2. The largest absolute Gasteiger partial charge is 0.379 e. The van der Waals surface area contributed by atoms with E-state index in [9.17, 15) is 14.4 Å². The van der Waals surface area contributed by atoms with Crippen LogP contribution in [0.4, 0.5) is 5.69 Å². The molecule has 1 saturated carbocycles. The van der Waals surface area contributed by atoms with Crippen molar-refractivity contribution in [1.82, 2.24) is 4.90 Å². The molecule has 2 aliphatic rings. The summed E-state index contributed by atoms with van der Waals surface area (Å²) in [5.41, 5.74) is 2.33. The summed E-state index contributed by atoms with van der Waals surface area (Å²) in [5, 5.41) is 0. The molecule has 0 radical (unpaired) electrons. The molecule has 0 spiro atoms. The third-order valence-electron chi connectivity index (χ3n) is 8.48. The Labute approximate surface area is 258 Å². The summed E-state index contributed by atoms with van der Waals surface area (Å²) < 4.78 is 11.3. The van der Waals surface area contributed by atoms with Gasteiger partial charge in [-0.2, -0.15) is 0 Å². The molecule has 1 amide bonds. The lowest BCUT2D eigenvalue weighted by Crippen LogP contribution is -2.36. The van der Waals surface area contributed by atoms with E-state index in [-0.39, 0.29) is 30.1 Å². The van der Waals surface area contributed by atoms with Gasteiger partial charge in [0.05, 0.1) is 19.8 Å². The molecule has 1 aliphatic heterocycles. The molecular formula is C35H53N3O5. The van der Waals surface area contributed by atoms with Crippen LogP contribution in [0.1, 0.15) is 96.5 Å². The topological polar surface area (TPSA) is 88.5 Å². The average Bonchev–Trinajstić information content (AvgIpc) is 3.25. The Hall–Kier alpha value is -2.84. The van der Waals surface area contributed by atoms with Gasteiger partial charge in [-0.25, -0.2) is 4.99 Å². The molecule has 1 fully saturated rings. The zero-order valence-corrected chi connectivity index (χ0v) is 26.9. The number of amidine groups is 1. The zero-order valence-electron chi connectivity index (χ0n) is 26.9. The van der Waals surface area contributed by atoms with Crippen molar-refractivity contribution in [3.63, 3.8) is 0 Å². The van der Waals surface area contributed by atoms with Crippen molar-refractivity contribution in [2.75, 3.05) is 52.0 Å². The van der Waals surface area contributed by atoms with Gasteiger partial charge in [0.15, 0.2) is 5.78 Å². The number of amides is 1. The summed E-state index contributed by atoms with van der Waals surface area (Å²) in [7, 11) is 3.96. The highest BCUT2D eigenvalue weighted by Crippen LogP contribution is 2.32. The molecule has 8 heteroatoms. The van der Waals surface area contributed by atoms with Crippen LogP contribution in [0.5, 0.6) is 0 Å². The fourth-order valence-electron chi connectivity index (χ4n) is 5.81. The standard InChI is InChI=1S/C35H53N3O5/c1-5-6-7-8-9-20-42-22-23-43-21-10-11-34(40)30-16-12-28(13-17-30)24-32(39)26-38-27(2)36-33(35(38)41)25-29-14-18-31(19-15-29)37(3)4/h14-15,18-19,25,28,30H,5-13,16-17,20-24,26H2,1-4H3/b33-25-. The van der Waals surface area contributed by atoms with Crippen LogP contribution >= 0.6 is 0 Å². The Kier molecular flexibility index (Phi) is 15.1. The van der Waals surface area contributed by atoms with Crippen molar-refractivity contribution in [2.45, 2.75) is 90.9 Å². The van der Waals surface area contributed by atoms with E-state index >= 15 is 0 Å². The number of hydrogen-bond donors (Lipinski definition) is 0. The summed E-state index contributed by atoms with van der Waals surface area (Å²) >= 11 is 0. The summed E-state index contributed by atoms with van der Waals surface area (Å²) in [6, 6.07) is 7.90. The van der Waals surface area contributed by atoms with Crippen molar-refractivity contribution in [2.24, 2.45) is 16.8 Å². The zero-order chi connectivity index (χ0) is 31.0. The van der Waals surface area contributed by atoms with Crippen LogP contribution in [-0.2, 0) is 23.9 Å². The first kappa shape index (κ1) is 34.6. The fourth-order valence-corrected chi connectivity index (χ4v) is 5.81. The Balaban J connectivity index is 1.28. The summed E-state index contributed by atoms with van der Waals surface area (Å²) in [6.45, 7) is 6.63. The van der Waals surface area contributed by atoms with Crippen molar-refractivity contribution < 1.29 is 23.9 Å². The lowest BCUT2D eigenvalue weighted by Gasteiger charge is -2.27. The number of carbonyl (C=O) groups is 3. The number of nitrogens with zero attached hydrogens (tertiary/aromatic N) is 3. The van der Waals surface area contributed by atoms with Crippen LogP contribution in [-0.4, -0.2) is 75.3 Å². The van der Waals surface area contributed by atoms with Crippen LogP contribution in [0, 0.1) is 11.8 Å². The molecule has 1 aromatic carbocycles. The molecule has 43 heavy (non-hydrogen) atoms. The van der Waals surface area contributed by atoms with Crippen molar-refractivity contribution in [1.29, 1.82) is 0 Å². The Bertz CT molecular complexity index is 1090. The van der Waals surface area contributed by atoms with E-state index in [0.717, 1.165) is 56.4 Å². The maximum absolute atomic E-state index is 13.0. The van der Waals surface area contributed by atoms with E-state index in [1.807, 2.05) is 43.3 Å². The second-order valence-electron chi connectivity index (χ2n) is 12.2. The molecule has 0 atom stereocenters. The number of anilines is 1. The van der Waals surface area contributed by atoms with E-state index < -0.39 is 0 Å². The molecule has 0 aromatic heterocycles. The molecular weight excluding hydrogens is 542 g/mol. The lowest BCUT2D eigenvalue weighted by atomic mass is 9.77. The van der Waals surface area contributed by atoms with Gasteiger partial charge in [0.25, 0.3) is 5.91 Å². The summed E-state index contributed by atoms with van der Waals surface area (Å²) in [6.07, 6.45) is 13.1. The highest BCUT2D eigenvalue weighted by atomic mass is 16.5. The molecule has 3 rings (SSSR count). The SMILES string of the molecule is CCCCCCCOCCOCCCC(=O)C1CCC(CC(=O)CN2C(=O)/C(=C/c3ccc(N(C)C)cc3)N=C2C)CC1. The van der Waals surface area contributed by atoms with Gasteiger partial charge in [0.2, 0.25) is 0 Å². The van der Waals surface area contributed by atoms with Crippen molar-refractivity contribution in [3.8, 4) is 0 Å². The minimum absolute atomic E-state index is 0.0480. The van der Waals surface area contributed by atoms with Gasteiger partial charge in [0.1, 0.15) is 17.3 Å². The first-order valence-corrected chi connectivity index (χ1v) is 16.3. The van der Waals surface area contributed by atoms with E-state index in [2.05, 4.69) is 11.9 Å². The normalized spacial score (nSPS) is 19.6. The third-order valence-corrected chi connectivity index (χ3v) is 8.48. The van der Waals surface area contributed by atoms with Crippen LogP contribution in [0.25, 0.3) is 6.08 Å². The van der Waals surface area contributed by atoms with Gasteiger partial charge in [-0.1, -0.05) is 44.7 Å². The van der Waals surface area contributed by atoms with Gasteiger partial charge >= 0.3 is 0 Å². The molecule has 0 unspecified atom stereocenters. The lowest BCUT2D eigenvalue weighted by molar-refractivity contribution is -0.129. The molecule has 1 heterocycles. The molecule has 1 aliphatic carbocycles. The smallest absolute Gasteiger partial charge is 0.278 e. The van der Waals surface area contributed by atoms with Gasteiger partial charge in [-0.15, -0.1) is 0 Å². The molecule has 1 aromatic rings. The monoisotopic (exact) mass is 595 g/mol. The number of unbranched alkanes of at least 4 members (excludes halogenated alkanes) is 4. The Morgan fingerprint density at radius 2 is 1.58 bits per heavy atom. The first-order valence-electron chi connectivity index (χ1n) is 16.3. The molecule has 0 N–H and O–H groups in total. The number of hydrogen-bond acceptors (Lipinski definition) is 7. The van der Waals surface area contributed by atoms with Crippen LogP contribution < -0.4 is 4.90 Å². The van der Waals surface area contributed by atoms with E-state index in [0.29, 0.717) is 50.0 Å². The number of carbonyl (C=O) groups excluding carboxylic acids is 3.